The van der Waals surface area contributed by atoms with Gasteiger partial charge in [0.2, 0.25) is 17.5 Å². The predicted molar refractivity (Wildman–Crippen MR) is 426 cm³/mol. The number of thioether (sulfide) groups is 3. The summed E-state index contributed by atoms with van der Waals surface area (Å²) in [6.07, 6.45) is -9.28. The number of halogens is 19. The number of nitrogens with zero attached hydrogens (tertiary/aromatic N) is 12. The second-order valence-electron chi connectivity index (χ2n) is 20.5. The van der Waals surface area contributed by atoms with Crippen molar-refractivity contribution in [3.8, 4) is 5.88 Å². The Morgan fingerprint density at radius 3 is 1.06 bits per heavy atom. The number of nitrogen functional groups attached to an aromatic ring is 3. The second-order valence-corrected chi connectivity index (χ2v) is 29.4. The number of carbonyl (C=O) groups is 1. The fourth-order valence-electron chi connectivity index (χ4n) is 7.96. The van der Waals surface area contributed by atoms with Crippen molar-refractivity contribution in [2.24, 2.45) is 0 Å². The number of hydrogen-bond donors (Lipinski definition) is 10. The lowest BCUT2D eigenvalue weighted by molar-refractivity contribution is -0.145. The monoisotopic (exact) mass is 1820 g/mol. The van der Waals surface area contributed by atoms with Crippen LogP contribution in [0.1, 0.15) is 46.6 Å². The van der Waals surface area contributed by atoms with Gasteiger partial charge in [-0.1, -0.05) is 186 Å². The fraction of sp³-hybridized carbons (Fsp3) is 0.164. The van der Waals surface area contributed by atoms with Gasteiger partial charge in [-0.15, -0.1) is 0 Å². The molecule has 0 fully saturated rings. The molecule has 8 heterocycles. The van der Waals surface area contributed by atoms with Gasteiger partial charge >= 0.3 is 18.3 Å². The van der Waals surface area contributed by atoms with E-state index in [4.69, 9.17) is 178 Å². The van der Waals surface area contributed by atoms with Crippen LogP contribution >= 0.6 is 211 Å². The Hall–Kier alpha value is -5.93. The van der Waals surface area contributed by atoms with Gasteiger partial charge in [0.05, 0.1) is 136 Å². The van der Waals surface area contributed by atoms with Crippen molar-refractivity contribution in [3.05, 3.63) is 197 Å². The number of aliphatic carboxylic acids is 1. The summed E-state index contributed by atoms with van der Waals surface area (Å²) >= 11 is 86.5. The van der Waals surface area contributed by atoms with E-state index in [0.29, 0.717) is 119 Å². The number of ether oxygens (including phenoxy) is 1. The van der Waals surface area contributed by atoms with Gasteiger partial charge in [0.15, 0.2) is 0 Å². The summed E-state index contributed by atoms with van der Waals surface area (Å²) in [4.78, 5) is 68.8. The molecule has 11 N–H and O–H groups in total. The number of thiol groups is 2. The van der Waals surface area contributed by atoms with Gasteiger partial charge in [-0.2, -0.15) is 56.6 Å². The van der Waals surface area contributed by atoms with E-state index < -0.39 is 30.0 Å². The molecule has 0 atom stereocenters. The summed E-state index contributed by atoms with van der Waals surface area (Å²) < 4.78 is 78.9. The van der Waals surface area contributed by atoms with Crippen LogP contribution in [0.2, 0.25) is 65.7 Å². The molecule has 8 aromatic heterocycles. The summed E-state index contributed by atoms with van der Waals surface area (Å²) in [6.45, 7) is 3.64. The smallest absolute Gasteiger partial charge is 0.451 e. The first-order valence-electron chi connectivity index (χ1n) is 28.8. The number of aromatic nitrogens is 16. The lowest BCUT2D eigenvalue weighted by Crippen LogP contribution is -2.11. The van der Waals surface area contributed by atoms with Crippen LogP contribution in [0.25, 0.3) is 44.1 Å². The number of benzene rings is 5. The third-order valence-corrected chi connectivity index (χ3v) is 20.0. The molecule has 0 spiro atoms. The van der Waals surface area contributed by atoms with Gasteiger partial charge < -0.3 is 47.0 Å². The Morgan fingerprint density at radius 1 is 0.421 bits per heavy atom. The van der Waals surface area contributed by atoms with Crippen LogP contribution in [0, 0.1) is 13.8 Å². The molecule has 0 saturated carbocycles. The van der Waals surface area contributed by atoms with Gasteiger partial charge in [0, 0.05) is 30.0 Å². The van der Waals surface area contributed by atoms with Crippen LogP contribution < -0.4 is 21.9 Å². The summed E-state index contributed by atoms with van der Waals surface area (Å²) in [7, 11) is 1.59. The van der Waals surface area contributed by atoms with E-state index in [1.54, 1.807) is 79.5 Å². The molecular formula is C61H46Cl13F6N19O3S5. The highest BCUT2D eigenvalue weighted by atomic mass is 35.5. The lowest BCUT2D eigenvalue weighted by Gasteiger charge is -2.06. The van der Waals surface area contributed by atoms with Crippen molar-refractivity contribution in [2.45, 2.75) is 64.3 Å². The lowest BCUT2D eigenvalue weighted by atomic mass is 10.3. The third-order valence-electron chi connectivity index (χ3n) is 12.4. The van der Waals surface area contributed by atoms with Gasteiger partial charge in [-0.25, -0.2) is 54.8 Å². The minimum absolute atomic E-state index is 0.0833. The predicted octanol–water partition coefficient (Wildman–Crippen LogP) is 22.0. The third kappa shape index (κ3) is 27.5. The Labute approximate surface area is 690 Å². The number of rotatable bonds is 12. The zero-order valence-electron chi connectivity index (χ0n) is 53.8. The van der Waals surface area contributed by atoms with Crippen LogP contribution in [-0.4, -0.2) is 104 Å². The number of nitrogens with two attached hydrogens (primary N) is 3. The molecule has 0 bridgehead atoms. The molecule has 22 nitrogen and oxygen atoms in total. The summed E-state index contributed by atoms with van der Waals surface area (Å²) in [5.41, 5.74) is 23.8. The highest BCUT2D eigenvalue weighted by molar-refractivity contribution is 7.98. The van der Waals surface area contributed by atoms with E-state index >= 15 is 0 Å². The van der Waals surface area contributed by atoms with E-state index in [-0.39, 0.29) is 32.0 Å². The molecule has 0 radical (unpaired) electrons. The van der Waals surface area contributed by atoms with E-state index in [1.165, 1.54) is 30.0 Å². The number of aryl methyl sites for hydroxylation is 2. The molecular weight excluding hydrogens is 1780 g/mol. The van der Waals surface area contributed by atoms with Crippen LogP contribution in [0.4, 0.5) is 43.5 Å². The molecule has 107 heavy (non-hydrogen) atoms. The topological polar surface area (TPSA) is 342 Å². The second kappa shape index (κ2) is 40.3. The minimum Gasteiger partial charge on any atom is -0.481 e. The number of imidazole rings is 4. The molecule has 0 aliphatic rings. The summed E-state index contributed by atoms with van der Waals surface area (Å²) in [6, 6.07) is 22.7. The van der Waals surface area contributed by atoms with Crippen molar-refractivity contribution in [3.63, 3.8) is 0 Å². The number of nitrogens with one attached hydrogen (secondary N) is 4. The number of aromatic amines is 4. The van der Waals surface area contributed by atoms with Crippen molar-refractivity contribution < 1.29 is 41.0 Å². The van der Waals surface area contributed by atoms with Gasteiger partial charge in [-0.05, 0) is 74.5 Å². The molecule has 0 aliphatic carbocycles. The van der Waals surface area contributed by atoms with E-state index in [1.807, 2.05) is 13.8 Å². The first-order chi connectivity index (χ1) is 50.2. The number of fused-ring (bicyclic) bond motifs is 4. The first-order valence-corrected chi connectivity index (χ1v) is 38.0. The van der Waals surface area contributed by atoms with Crippen molar-refractivity contribution in [2.75, 3.05) is 30.1 Å². The van der Waals surface area contributed by atoms with Crippen molar-refractivity contribution in [1.82, 2.24) is 79.7 Å². The number of alkyl halides is 6. The quantitative estimate of drug-likeness (QED) is 0.0179. The molecule has 0 amide bonds. The SMILES string of the molecule is COc1cc(SCc2nc3cc(Cl)c(Cl)cc3[nH]2)nc(C)n1.Cc1nc(N)cc(SCc2nc3cc(Cl)c(Cl)cc3[nH]2)n1.FC(F)(F)c1nc(Cl)cc(Cl)n1.FC(F)(F)c1nc(Cl)cc(SCc2nc3cc(Cl)c(Cl)cc3[nH]2)n1.Nc1cc(Cl)c(Cl)cc1N.O=C(O)CS.SCc1nc2cc(Cl)c(Cl)cc2[nH]1. The number of hydrogen-bond acceptors (Lipinski definition) is 22. The first kappa shape index (κ1) is 88.3. The zero-order valence-corrected chi connectivity index (χ0v) is 67.8. The number of carboxylic acids is 1. The maximum atomic E-state index is 12.7. The highest BCUT2D eigenvalue weighted by Crippen LogP contribution is 2.36. The van der Waals surface area contributed by atoms with Crippen LogP contribution in [0.15, 0.2) is 100 Å². The van der Waals surface area contributed by atoms with Crippen molar-refractivity contribution >= 4 is 279 Å². The molecule has 5 aromatic carbocycles. The fourth-order valence-corrected chi connectivity index (χ4v) is 12.8. The minimum atomic E-state index is -4.66. The molecule has 0 saturated heterocycles. The Kier molecular flexibility index (Phi) is 33.3. The average molecular weight is 1830 g/mol. The largest absolute Gasteiger partial charge is 0.481 e. The van der Waals surface area contributed by atoms with Gasteiger partial charge in [0.1, 0.15) is 71.3 Å². The van der Waals surface area contributed by atoms with Crippen LogP contribution in [-0.2, 0) is 40.2 Å². The zero-order chi connectivity index (χ0) is 78.9. The Balaban J connectivity index is 0.000000181. The summed E-state index contributed by atoms with van der Waals surface area (Å²) in [5, 5.41) is 13.1. The maximum absolute atomic E-state index is 12.7. The average Bonchev–Trinajstić information content (AvgIpc) is 1.72. The van der Waals surface area contributed by atoms with Crippen LogP contribution in [0.3, 0.4) is 0 Å². The Bertz CT molecular complexity index is 5060. The van der Waals surface area contributed by atoms with E-state index in [2.05, 4.69) is 105 Å². The molecule has 13 aromatic rings. The molecule has 13 rings (SSSR count). The molecule has 0 aliphatic heterocycles. The van der Waals surface area contributed by atoms with E-state index in [0.717, 1.165) is 78.5 Å². The number of anilines is 3. The molecule has 566 valence electrons. The van der Waals surface area contributed by atoms with Crippen molar-refractivity contribution in [1.29, 1.82) is 0 Å². The van der Waals surface area contributed by atoms with Gasteiger partial charge in [-0.3, -0.25) is 4.79 Å². The highest BCUT2D eigenvalue weighted by Gasteiger charge is 2.36. The molecule has 46 heteroatoms. The Morgan fingerprint density at radius 2 is 0.720 bits per heavy atom. The van der Waals surface area contributed by atoms with Crippen LogP contribution in [0.5, 0.6) is 5.88 Å². The van der Waals surface area contributed by atoms with Gasteiger partial charge in [0.25, 0.3) is 0 Å². The van der Waals surface area contributed by atoms with E-state index in [9.17, 15) is 31.1 Å². The normalized spacial score (nSPS) is 11.1. The summed E-state index contributed by atoms with van der Waals surface area (Å²) in [5.74, 6) is 3.89. The molecule has 0 unspecified atom stereocenters. The number of H-pyrrole nitrogens is 4. The standard InChI is InChI=1S/C14H12Cl2N4OS.C13H6Cl3F3N4S.C13H11Cl2N5S.C8H6Cl2N2S.C6H6Cl2N2.C5HCl2F3N2.C2H4O2S/c1-7-17-13(21-2)5-14(18-7)22-6-12-19-10-3-8(15)9(16)4-11(10)20-12;14-5-1-7-8(2-6(5)15)21-10(20-7)4-24-11-3-9(16)22-12(23-11)13(17,18)19;1-6-17-11(16)4-13(18-6)21-5-12-19-9-2-7(14)8(15)3-10(9)20-12;9-4-1-6-7(2-5(4)10)12-8(3-13)11-6;7-3-1-5(9)6(10)2-4(3)8;6-2-1-3(7)12-4(11-2)5(8,9)10;3-2(4)1-5/h3-5H,6H2,1-2H3,(H,19,20);1-3H,4H2,(H,20,21);2-4H,5H2,1H3,(H,19,20)(H2,16,17,18);1-2,13H,3H2,(H,11,12);1-2H,9-10H2;1H;5H,1H2,(H,3,4). The number of methoxy groups -OCH3 is 1. The maximum Gasteiger partial charge on any atom is 0.451 e. The number of carboxylic acid groups (broad SMARTS) is 1.